The highest BCUT2D eigenvalue weighted by molar-refractivity contribution is 5.96. The Kier molecular flexibility index (Phi) is 7.67. The summed E-state index contributed by atoms with van der Waals surface area (Å²) in [6.07, 6.45) is 4.71. The zero-order chi connectivity index (χ0) is 25.7. The second-order valence-corrected chi connectivity index (χ2v) is 9.86. The molecule has 8 nitrogen and oxygen atoms in total. The smallest absolute Gasteiger partial charge is 0.277 e. The van der Waals surface area contributed by atoms with Crippen molar-refractivity contribution in [2.45, 2.75) is 50.2 Å². The quantitative estimate of drug-likeness (QED) is 0.435. The minimum absolute atomic E-state index is 0.0139. The summed E-state index contributed by atoms with van der Waals surface area (Å²) in [6, 6.07) is 19.7. The molecule has 0 atom stereocenters. The monoisotopic (exact) mass is 503 g/mol. The van der Waals surface area contributed by atoms with Crippen LogP contribution in [0.25, 0.3) is 0 Å². The Morgan fingerprint density at radius 1 is 1.03 bits per heavy atom. The maximum atomic E-state index is 13.8. The zero-order valence-corrected chi connectivity index (χ0v) is 20.9. The second-order valence-electron chi connectivity index (χ2n) is 9.86. The normalized spacial score (nSPS) is 16.8. The first-order chi connectivity index (χ1) is 18.1. The van der Waals surface area contributed by atoms with Gasteiger partial charge in [0.05, 0.1) is 25.9 Å². The Balaban J connectivity index is 1.51. The third-order valence-corrected chi connectivity index (χ3v) is 7.43. The van der Waals surface area contributed by atoms with Crippen LogP contribution >= 0.6 is 0 Å². The van der Waals surface area contributed by atoms with Crippen LogP contribution in [0.1, 0.15) is 53.1 Å². The summed E-state index contributed by atoms with van der Waals surface area (Å²) in [4.78, 5) is 24.5. The molecule has 2 aromatic carbocycles. The van der Waals surface area contributed by atoms with E-state index in [1.165, 1.54) is 5.56 Å². The van der Waals surface area contributed by atoms with Gasteiger partial charge in [-0.05, 0) is 24.0 Å². The SMILES string of the molecule is O=C(c1nc(CC2(c3ccccc3)CCCC2)nc(O)c1OCc1ccccc1)N(CCO)C1COC1. The number of aromatic hydroxyl groups is 1. The van der Waals surface area contributed by atoms with Gasteiger partial charge >= 0.3 is 0 Å². The number of aliphatic hydroxyl groups is 1. The molecule has 37 heavy (non-hydrogen) atoms. The number of hydrogen-bond acceptors (Lipinski definition) is 7. The maximum absolute atomic E-state index is 13.8. The molecule has 2 fully saturated rings. The fourth-order valence-electron chi connectivity index (χ4n) is 5.38. The Hall–Kier alpha value is -3.49. The van der Waals surface area contributed by atoms with Gasteiger partial charge in [0.25, 0.3) is 11.8 Å². The molecule has 0 unspecified atom stereocenters. The lowest BCUT2D eigenvalue weighted by atomic mass is 9.76. The number of hydrogen-bond donors (Lipinski definition) is 2. The van der Waals surface area contributed by atoms with E-state index in [4.69, 9.17) is 14.5 Å². The van der Waals surface area contributed by atoms with Gasteiger partial charge in [0.15, 0.2) is 5.69 Å². The molecular weight excluding hydrogens is 470 g/mol. The van der Waals surface area contributed by atoms with E-state index in [1.807, 2.05) is 48.5 Å². The van der Waals surface area contributed by atoms with Crippen molar-refractivity contribution < 1.29 is 24.5 Å². The molecule has 0 radical (unpaired) electrons. The van der Waals surface area contributed by atoms with Crippen LogP contribution < -0.4 is 4.74 Å². The molecule has 2 N–H and O–H groups in total. The molecular formula is C29H33N3O5. The Bertz CT molecular complexity index is 1190. The highest BCUT2D eigenvalue weighted by Gasteiger charge is 2.38. The topological polar surface area (TPSA) is 105 Å². The Labute approximate surface area is 216 Å². The molecule has 8 heteroatoms. The van der Waals surface area contributed by atoms with Gasteiger partial charge in [0, 0.05) is 18.4 Å². The van der Waals surface area contributed by atoms with E-state index in [1.54, 1.807) is 4.90 Å². The van der Waals surface area contributed by atoms with Crippen LogP contribution in [0.4, 0.5) is 0 Å². The van der Waals surface area contributed by atoms with Crippen LogP contribution in [0.5, 0.6) is 11.6 Å². The molecule has 1 aliphatic heterocycles. The van der Waals surface area contributed by atoms with Crippen LogP contribution in [-0.4, -0.2) is 63.4 Å². The van der Waals surface area contributed by atoms with Gasteiger partial charge in [0.2, 0.25) is 5.75 Å². The second kappa shape index (κ2) is 11.3. The number of rotatable bonds is 10. The molecule has 1 saturated heterocycles. The minimum atomic E-state index is -0.412. The zero-order valence-electron chi connectivity index (χ0n) is 20.9. The number of nitrogens with zero attached hydrogens (tertiary/aromatic N) is 3. The molecule has 1 amide bonds. The first-order valence-electron chi connectivity index (χ1n) is 12.9. The Morgan fingerprint density at radius 2 is 1.70 bits per heavy atom. The Morgan fingerprint density at radius 3 is 2.32 bits per heavy atom. The lowest BCUT2D eigenvalue weighted by molar-refractivity contribution is -0.0572. The summed E-state index contributed by atoms with van der Waals surface area (Å²) in [5.41, 5.74) is 1.98. The van der Waals surface area contributed by atoms with Crippen molar-refractivity contribution in [3.8, 4) is 11.6 Å². The first-order valence-corrected chi connectivity index (χ1v) is 12.9. The molecule has 2 heterocycles. The van der Waals surface area contributed by atoms with Gasteiger partial charge < -0.3 is 24.6 Å². The van der Waals surface area contributed by atoms with Gasteiger partial charge in [-0.1, -0.05) is 73.5 Å². The van der Waals surface area contributed by atoms with Crippen molar-refractivity contribution in [2.75, 3.05) is 26.4 Å². The summed E-state index contributed by atoms with van der Waals surface area (Å²) in [5.74, 6) is -0.391. The highest BCUT2D eigenvalue weighted by Crippen LogP contribution is 2.44. The fourth-order valence-corrected chi connectivity index (χ4v) is 5.38. The standard InChI is InChI=1S/C29H33N3O5/c33-16-15-32(23-19-36-20-23)28(35)25-26(37-18-21-9-3-1-4-10-21)27(34)31-24(30-25)17-29(13-7-8-14-29)22-11-5-2-6-12-22/h1-6,9-12,23,33H,7-8,13-20H2,(H,30,31,34). The van der Waals surface area contributed by atoms with Gasteiger partial charge in [-0.3, -0.25) is 4.79 Å². The molecule has 0 spiro atoms. The van der Waals surface area contributed by atoms with Gasteiger partial charge in [-0.2, -0.15) is 4.98 Å². The number of aliphatic hydroxyl groups excluding tert-OH is 1. The maximum Gasteiger partial charge on any atom is 0.277 e. The lowest BCUT2D eigenvalue weighted by Crippen LogP contribution is -2.53. The van der Waals surface area contributed by atoms with Crippen LogP contribution in [0.15, 0.2) is 60.7 Å². The number of ether oxygens (including phenoxy) is 2. The van der Waals surface area contributed by atoms with Crippen molar-refractivity contribution >= 4 is 5.91 Å². The van der Waals surface area contributed by atoms with Crippen molar-refractivity contribution in [3.63, 3.8) is 0 Å². The summed E-state index contributed by atoms with van der Waals surface area (Å²) in [5, 5.41) is 20.7. The average Bonchev–Trinajstić information content (AvgIpc) is 3.37. The molecule has 1 aliphatic carbocycles. The average molecular weight is 504 g/mol. The van der Waals surface area contributed by atoms with Gasteiger partial charge in [-0.25, -0.2) is 4.98 Å². The van der Waals surface area contributed by atoms with Crippen LogP contribution in [0.2, 0.25) is 0 Å². The van der Waals surface area contributed by atoms with Gasteiger partial charge in [-0.15, -0.1) is 0 Å². The fraction of sp³-hybridized carbons (Fsp3) is 0.414. The summed E-state index contributed by atoms with van der Waals surface area (Å²) in [7, 11) is 0. The summed E-state index contributed by atoms with van der Waals surface area (Å²) < 4.78 is 11.2. The van der Waals surface area contributed by atoms with E-state index >= 15 is 0 Å². The van der Waals surface area contributed by atoms with E-state index in [-0.39, 0.29) is 48.5 Å². The number of carbonyl (C=O) groups excluding carboxylic acids is 1. The molecule has 3 aromatic rings. The van der Waals surface area contributed by atoms with E-state index in [9.17, 15) is 15.0 Å². The number of carbonyl (C=O) groups is 1. The molecule has 1 saturated carbocycles. The number of amides is 1. The van der Waals surface area contributed by atoms with Crippen LogP contribution in [0, 0.1) is 0 Å². The predicted octanol–water partition coefficient (Wildman–Crippen LogP) is 3.65. The molecule has 1 aromatic heterocycles. The minimum Gasteiger partial charge on any atom is -0.491 e. The number of aromatic nitrogens is 2. The molecule has 5 rings (SSSR count). The van der Waals surface area contributed by atoms with E-state index in [0.29, 0.717) is 25.5 Å². The first kappa shape index (κ1) is 25.2. The summed E-state index contributed by atoms with van der Waals surface area (Å²) >= 11 is 0. The number of benzene rings is 2. The van der Waals surface area contributed by atoms with Crippen LogP contribution in [0.3, 0.4) is 0 Å². The van der Waals surface area contributed by atoms with Crippen LogP contribution in [-0.2, 0) is 23.2 Å². The van der Waals surface area contributed by atoms with E-state index in [2.05, 4.69) is 17.1 Å². The molecule has 2 aliphatic rings. The van der Waals surface area contributed by atoms with Crippen molar-refractivity contribution in [3.05, 3.63) is 83.3 Å². The van der Waals surface area contributed by atoms with Crippen molar-refractivity contribution in [2.24, 2.45) is 0 Å². The van der Waals surface area contributed by atoms with Gasteiger partial charge in [0.1, 0.15) is 12.4 Å². The summed E-state index contributed by atoms with van der Waals surface area (Å²) in [6.45, 7) is 0.889. The lowest BCUT2D eigenvalue weighted by Gasteiger charge is -2.37. The van der Waals surface area contributed by atoms with Crippen molar-refractivity contribution in [1.82, 2.24) is 14.9 Å². The van der Waals surface area contributed by atoms with E-state index in [0.717, 1.165) is 31.2 Å². The molecule has 194 valence electrons. The molecule has 0 bridgehead atoms. The third kappa shape index (κ3) is 5.45. The predicted molar refractivity (Wildman–Crippen MR) is 137 cm³/mol. The van der Waals surface area contributed by atoms with E-state index < -0.39 is 5.91 Å². The van der Waals surface area contributed by atoms with Crippen molar-refractivity contribution in [1.29, 1.82) is 0 Å². The third-order valence-electron chi connectivity index (χ3n) is 7.43. The highest BCUT2D eigenvalue weighted by atomic mass is 16.5. The largest absolute Gasteiger partial charge is 0.491 e.